The summed E-state index contributed by atoms with van der Waals surface area (Å²) in [5.74, 6) is 0. The van der Waals surface area contributed by atoms with Crippen LogP contribution in [0.4, 0.5) is 0 Å². The number of rotatable bonds is 4. The van der Waals surface area contributed by atoms with Gasteiger partial charge in [0.25, 0.3) is 0 Å². The number of aliphatic hydroxyl groups excluding tert-OH is 1. The number of halogens is 1. The van der Waals surface area contributed by atoms with Crippen molar-refractivity contribution < 1.29 is 5.11 Å². The van der Waals surface area contributed by atoms with Crippen LogP contribution in [0.15, 0.2) is 18.2 Å². The minimum atomic E-state index is 0.224. The molecule has 1 N–H and O–H groups in total. The number of hydrogen-bond donors (Lipinski definition) is 1. The van der Waals surface area contributed by atoms with Crippen molar-refractivity contribution in [2.45, 2.75) is 6.54 Å². The molecule has 0 aromatic heterocycles. The average Bonchev–Trinajstić information content (AvgIpc) is 2.43. The van der Waals surface area contributed by atoms with Gasteiger partial charge >= 0.3 is 0 Å². The summed E-state index contributed by atoms with van der Waals surface area (Å²) in [6.45, 7) is 5.72. The molecule has 1 saturated heterocycles. The monoisotopic (exact) mass is 279 g/mol. The molecule has 19 heavy (non-hydrogen) atoms. The van der Waals surface area contributed by atoms with E-state index in [2.05, 4.69) is 15.9 Å². The van der Waals surface area contributed by atoms with E-state index in [1.165, 1.54) is 0 Å². The van der Waals surface area contributed by atoms with E-state index in [9.17, 15) is 0 Å². The molecule has 2 rings (SSSR count). The molecule has 1 aromatic rings. The number of β-amino-alcohol motifs (C(OH)–C–C–N with tert-alkyl or cyclic N) is 1. The number of benzene rings is 1. The lowest BCUT2D eigenvalue weighted by Gasteiger charge is -2.34. The first-order chi connectivity index (χ1) is 9.22. The SMILES string of the molecule is N#Cc1ccc(CN2CCN(CCO)CC2)c(Cl)c1. The highest BCUT2D eigenvalue weighted by atomic mass is 35.5. The van der Waals surface area contributed by atoms with Gasteiger partial charge in [-0.2, -0.15) is 5.26 Å². The van der Waals surface area contributed by atoms with Crippen molar-refractivity contribution in [3.8, 4) is 6.07 Å². The van der Waals surface area contributed by atoms with Crippen molar-refractivity contribution in [3.63, 3.8) is 0 Å². The second-order valence-corrected chi connectivity index (χ2v) is 5.17. The van der Waals surface area contributed by atoms with Crippen molar-refractivity contribution >= 4 is 11.6 Å². The maximum absolute atomic E-state index is 8.91. The summed E-state index contributed by atoms with van der Waals surface area (Å²) in [5.41, 5.74) is 1.66. The van der Waals surface area contributed by atoms with Gasteiger partial charge in [-0.25, -0.2) is 0 Å². The van der Waals surface area contributed by atoms with Crippen LogP contribution in [0.3, 0.4) is 0 Å². The molecule has 0 saturated carbocycles. The van der Waals surface area contributed by atoms with Gasteiger partial charge in [0.1, 0.15) is 0 Å². The standard InChI is InChI=1S/C14H18ClN3O/c15-14-9-12(10-16)1-2-13(14)11-18-5-3-17(4-6-18)7-8-19/h1-2,9,19H,3-8,11H2. The number of nitrogens with zero attached hydrogens (tertiary/aromatic N) is 3. The summed E-state index contributed by atoms with van der Waals surface area (Å²) in [6, 6.07) is 7.55. The van der Waals surface area contributed by atoms with Crippen LogP contribution >= 0.6 is 11.6 Å². The van der Waals surface area contributed by atoms with E-state index in [1.807, 2.05) is 12.1 Å². The van der Waals surface area contributed by atoms with Crippen LogP contribution in [-0.2, 0) is 6.54 Å². The Labute approximate surface area is 118 Å². The third-order valence-corrected chi connectivity index (χ3v) is 3.81. The average molecular weight is 280 g/mol. The Kier molecular flexibility index (Phi) is 5.17. The molecule has 0 bridgehead atoms. The molecule has 0 aliphatic carbocycles. The Balaban J connectivity index is 1.91. The normalized spacial score (nSPS) is 17.3. The van der Waals surface area contributed by atoms with Crippen molar-refractivity contribution in [2.24, 2.45) is 0 Å². The minimum absolute atomic E-state index is 0.224. The van der Waals surface area contributed by atoms with Crippen molar-refractivity contribution in [1.29, 1.82) is 5.26 Å². The van der Waals surface area contributed by atoms with Crippen LogP contribution < -0.4 is 0 Å². The smallest absolute Gasteiger partial charge is 0.0992 e. The third kappa shape index (κ3) is 3.92. The Hall–Kier alpha value is -1.12. The number of piperazine rings is 1. The quantitative estimate of drug-likeness (QED) is 0.903. The van der Waals surface area contributed by atoms with Crippen LogP contribution in [0, 0.1) is 11.3 Å². The van der Waals surface area contributed by atoms with Crippen LogP contribution in [-0.4, -0.2) is 54.2 Å². The van der Waals surface area contributed by atoms with Gasteiger partial charge in [0.05, 0.1) is 18.2 Å². The molecule has 1 aromatic carbocycles. The van der Waals surface area contributed by atoms with Crippen molar-refractivity contribution in [2.75, 3.05) is 39.3 Å². The highest BCUT2D eigenvalue weighted by Crippen LogP contribution is 2.20. The highest BCUT2D eigenvalue weighted by molar-refractivity contribution is 6.31. The predicted octanol–water partition coefficient (Wildman–Crippen LogP) is 1.32. The van der Waals surface area contributed by atoms with Gasteiger partial charge < -0.3 is 5.11 Å². The molecular formula is C14H18ClN3O. The maximum Gasteiger partial charge on any atom is 0.0992 e. The van der Waals surface area contributed by atoms with Gasteiger partial charge in [0.15, 0.2) is 0 Å². The van der Waals surface area contributed by atoms with Gasteiger partial charge in [0, 0.05) is 44.3 Å². The molecule has 0 spiro atoms. The van der Waals surface area contributed by atoms with E-state index in [-0.39, 0.29) is 6.61 Å². The molecule has 5 heteroatoms. The number of hydrogen-bond acceptors (Lipinski definition) is 4. The summed E-state index contributed by atoms with van der Waals surface area (Å²) in [6.07, 6.45) is 0. The molecule has 0 amide bonds. The van der Waals surface area contributed by atoms with Gasteiger partial charge in [-0.3, -0.25) is 9.80 Å². The molecule has 1 heterocycles. The maximum atomic E-state index is 8.91. The lowest BCUT2D eigenvalue weighted by Crippen LogP contribution is -2.46. The summed E-state index contributed by atoms with van der Waals surface area (Å²) < 4.78 is 0. The second kappa shape index (κ2) is 6.88. The lowest BCUT2D eigenvalue weighted by molar-refractivity contribution is 0.108. The van der Waals surface area contributed by atoms with Gasteiger partial charge in [-0.15, -0.1) is 0 Å². The fourth-order valence-electron chi connectivity index (χ4n) is 2.30. The molecule has 0 unspecified atom stereocenters. The van der Waals surface area contributed by atoms with E-state index in [4.69, 9.17) is 22.0 Å². The molecule has 0 atom stereocenters. The Morgan fingerprint density at radius 2 is 1.89 bits per heavy atom. The summed E-state index contributed by atoms with van der Waals surface area (Å²) in [7, 11) is 0. The Bertz CT molecular complexity index is 464. The molecule has 102 valence electrons. The lowest BCUT2D eigenvalue weighted by atomic mass is 10.1. The predicted molar refractivity (Wildman–Crippen MR) is 75.0 cm³/mol. The zero-order valence-corrected chi connectivity index (χ0v) is 11.6. The van der Waals surface area contributed by atoms with E-state index in [0.717, 1.165) is 44.8 Å². The zero-order chi connectivity index (χ0) is 13.7. The molecule has 0 radical (unpaired) electrons. The van der Waals surface area contributed by atoms with E-state index in [0.29, 0.717) is 10.6 Å². The number of nitriles is 1. The topological polar surface area (TPSA) is 50.5 Å². The zero-order valence-electron chi connectivity index (χ0n) is 10.8. The first-order valence-corrected chi connectivity index (χ1v) is 6.85. The van der Waals surface area contributed by atoms with Crippen molar-refractivity contribution in [3.05, 3.63) is 34.3 Å². The van der Waals surface area contributed by atoms with Crippen molar-refractivity contribution in [1.82, 2.24) is 9.80 Å². The second-order valence-electron chi connectivity index (χ2n) is 4.76. The van der Waals surface area contributed by atoms with Gasteiger partial charge in [-0.1, -0.05) is 17.7 Å². The fourth-order valence-corrected chi connectivity index (χ4v) is 2.54. The van der Waals surface area contributed by atoms with Gasteiger partial charge in [-0.05, 0) is 17.7 Å². The van der Waals surface area contributed by atoms with Crippen LogP contribution in [0.1, 0.15) is 11.1 Å². The van der Waals surface area contributed by atoms with E-state index in [1.54, 1.807) is 6.07 Å². The summed E-state index contributed by atoms with van der Waals surface area (Å²) in [4.78, 5) is 4.61. The summed E-state index contributed by atoms with van der Waals surface area (Å²) in [5, 5.41) is 18.4. The molecule has 1 aliphatic heterocycles. The molecule has 1 aliphatic rings. The first-order valence-electron chi connectivity index (χ1n) is 6.47. The first kappa shape index (κ1) is 14.3. The van der Waals surface area contributed by atoms with E-state index < -0.39 is 0 Å². The van der Waals surface area contributed by atoms with Gasteiger partial charge in [0.2, 0.25) is 0 Å². The number of aliphatic hydroxyl groups is 1. The van der Waals surface area contributed by atoms with Crippen LogP contribution in [0.2, 0.25) is 5.02 Å². The Morgan fingerprint density at radius 1 is 1.21 bits per heavy atom. The Morgan fingerprint density at radius 3 is 2.47 bits per heavy atom. The summed E-state index contributed by atoms with van der Waals surface area (Å²) >= 11 is 6.18. The molecule has 1 fully saturated rings. The van der Waals surface area contributed by atoms with E-state index >= 15 is 0 Å². The highest BCUT2D eigenvalue weighted by Gasteiger charge is 2.17. The fraction of sp³-hybridized carbons (Fsp3) is 0.500. The largest absolute Gasteiger partial charge is 0.395 e. The minimum Gasteiger partial charge on any atom is -0.395 e. The molecule has 4 nitrogen and oxygen atoms in total. The van der Waals surface area contributed by atoms with Crippen LogP contribution in [0.5, 0.6) is 0 Å². The third-order valence-electron chi connectivity index (χ3n) is 3.46. The van der Waals surface area contributed by atoms with Crippen LogP contribution in [0.25, 0.3) is 0 Å². The molecular weight excluding hydrogens is 262 g/mol.